The lowest BCUT2D eigenvalue weighted by Crippen LogP contribution is -2.35. The van der Waals surface area contributed by atoms with Crippen molar-refractivity contribution in [3.63, 3.8) is 0 Å². The predicted molar refractivity (Wildman–Crippen MR) is 84.1 cm³/mol. The topological polar surface area (TPSA) is 40.6 Å². The van der Waals surface area contributed by atoms with Gasteiger partial charge in [-0.3, -0.25) is 0 Å². The molecule has 1 aliphatic heterocycles. The van der Waals surface area contributed by atoms with Crippen molar-refractivity contribution < 1.29 is 8.42 Å². The highest BCUT2D eigenvalue weighted by atomic mass is 35.5. The number of hydrogen-bond acceptors (Lipinski definition) is 4. The number of rotatable bonds is 6. The Bertz CT molecular complexity index is 551. The van der Waals surface area contributed by atoms with Crippen LogP contribution in [0.3, 0.4) is 0 Å². The third-order valence-corrected chi connectivity index (χ3v) is 7.28. The Morgan fingerprint density at radius 1 is 1.40 bits per heavy atom. The van der Waals surface area contributed by atoms with Crippen molar-refractivity contribution in [1.29, 1.82) is 0 Å². The molecule has 114 valence electrons. The highest BCUT2D eigenvalue weighted by molar-refractivity contribution is 7.89. The Morgan fingerprint density at radius 2 is 2.05 bits per heavy atom. The van der Waals surface area contributed by atoms with Gasteiger partial charge < -0.3 is 4.90 Å². The highest BCUT2D eigenvalue weighted by Gasteiger charge is 2.25. The number of nitrogens with zero attached hydrogens (tertiary/aromatic N) is 2. The standard InChI is InChI=1S/C13H21ClN2O2S2/c1-11-13(9-12(10-14)19-11)20(17,18)15(2)7-8-16-5-3-4-6-16/h9H,3-8,10H2,1-2H3. The quantitative estimate of drug-likeness (QED) is 0.749. The normalized spacial score (nSPS) is 17.2. The van der Waals surface area contributed by atoms with Crippen molar-refractivity contribution >= 4 is 33.0 Å². The van der Waals surface area contributed by atoms with Gasteiger partial charge in [0.15, 0.2) is 0 Å². The summed E-state index contributed by atoms with van der Waals surface area (Å²) in [6.45, 7) is 5.35. The maximum Gasteiger partial charge on any atom is 0.243 e. The van der Waals surface area contributed by atoms with Crippen molar-refractivity contribution in [2.45, 2.75) is 30.5 Å². The minimum Gasteiger partial charge on any atom is -0.302 e. The lowest BCUT2D eigenvalue weighted by Gasteiger charge is -2.21. The summed E-state index contributed by atoms with van der Waals surface area (Å²) in [7, 11) is -1.74. The van der Waals surface area contributed by atoms with Crippen molar-refractivity contribution in [1.82, 2.24) is 9.21 Å². The van der Waals surface area contributed by atoms with Crippen LogP contribution >= 0.6 is 22.9 Å². The van der Waals surface area contributed by atoms with Crippen LogP contribution in [-0.4, -0.2) is 50.8 Å². The Kier molecular flexibility index (Phi) is 5.48. The Balaban J connectivity index is 2.05. The summed E-state index contributed by atoms with van der Waals surface area (Å²) in [4.78, 5) is 4.43. The van der Waals surface area contributed by atoms with Gasteiger partial charge in [-0.2, -0.15) is 4.31 Å². The van der Waals surface area contributed by atoms with Gasteiger partial charge in [0.2, 0.25) is 10.0 Å². The van der Waals surface area contributed by atoms with E-state index in [1.165, 1.54) is 28.5 Å². The minimum absolute atomic E-state index is 0.360. The van der Waals surface area contributed by atoms with Gasteiger partial charge in [-0.05, 0) is 38.9 Å². The molecule has 4 nitrogen and oxygen atoms in total. The molecule has 0 aromatic carbocycles. The second-order valence-corrected chi connectivity index (χ2v) is 8.76. The molecular weight excluding hydrogens is 316 g/mol. The van der Waals surface area contributed by atoms with Crippen LogP contribution in [-0.2, 0) is 15.9 Å². The molecule has 0 amide bonds. The first-order valence-corrected chi connectivity index (χ1v) is 9.58. The summed E-state index contributed by atoms with van der Waals surface area (Å²) >= 11 is 7.24. The molecule has 1 aliphatic rings. The van der Waals surface area contributed by atoms with Crippen molar-refractivity contribution in [2.24, 2.45) is 0 Å². The van der Waals surface area contributed by atoms with E-state index in [2.05, 4.69) is 4.90 Å². The molecule has 0 atom stereocenters. The Hall–Kier alpha value is -0.140. The zero-order valence-electron chi connectivity index (χ0n) is 11.9. The molecule has 1 aromatic heterocycles. The van der Waals surface area contributed by atoms with Crippen LogP contribution in [0.4, 0.5) is 0 Å². The molecule has 1 aromatic rings. The molecule has 0 saturated carbocycles. The fourth-order valence-corrected chi connectivity index (χ4v) is 5.28. The molecule has 20 heavy (non-hydrogen) atoms. The number of sulfonamides is 1. The van der Waals surface area contributed by atoms with Gasteiger partial charge in [0.1, 0.15) is 0 Å². The largest absolute Gasteiger partial charge is 0.302 e. The average Bonchev–Trinajstić information content (AvgIpc) is 3.04. The fourth-order valence-electron chi connectivity index (χ4n) is 2.42. The summed E-state index contributed by atoms with van der Waals surface area (Å²) in [5.41, 5.74) is 0. The molecule has 2 rings (SSSR count). The van der Waals surface area contributed by atoms with Gasteiger partial charge in [0.25, 0.3) is 0 Å². The molecular formula is C13H21ClN2O2S2. The van der Waals surface area contributed by atoms with Crippen LogP contribution in [0.5, 0.6) is 0 Å². The summed E-state index contributed by atoms with van der Waals surface area (Å²) in [5.74, 6) is 0.360. The van der Waals surface area contributed by atoms with E-state index in [4.69, 9.17) is 11.6 Å². The van der Waals surface area contributed by atoms with Crippen LogP contribution in [0.25, 0.3) is 0 Å². The van der Waals surface area contributed by atoms with Crippen LogP contribution in [0.1, 0.15) is 22.6 Å². The van der Waals surface area contributed by atoms with Gasteiger partial charge in [-0.25, -0.2) is 8.42 Å². The van der Waals surface area contributed by atoms with Gasteiger partial charge in [-0.1, -0.05) is 0 Å². The number of thiophene rings is 1. The first-order valence-electron chi connectivity index (χ1n) is 6.79. The van der Waals surface area contributed by atoms with Gasteiger partial charge in [0.05, 0.1) is 10.8 Å². The smallest absolute Gasteiger partial charge is 0.243 e. The van der Waals surface area contributed by atoms with Crippen molar-refractivity contribution in [3.8, 4) is 0 Å². The zero-order valence-corrected chi connectivity index (χ0v) is 14.3. The molecule has 1 saturated heterocycles. The minimum atomic E-state index is -3.39. The van der Waals surface area contributed by atoms with E-state index in [1.807, 2.05) is 6.92 Å². The number of halogens is 1. The SMILES string of the molecule is Cc1sc(CCl)cc1S(=O)(=O)N(C)CCN1CCCC1. The van der Waals surface area contributed by atoms with E-state index in [0.29, 0.717) is 17.3 Å². The lowest BCUT2D eigenvalue weighted by atomic mass is 10.4. The average molecular weight is 337 g/mol. The monoisotopic (exact) mass is 336 g/mol. The van der Waals surface area contributed by atoms with Crippen LogP contribution in [0, 0.1) is 6.92 Å². The molecule has 0 radical (unpaired) electrons. The van der Waals surface area contributed by atoms with Crippen LogP contribution in [0.15, 0.2) is 11.0 Å². The summed E-state index contributed by atoms with van der Waals surface area (Å²) < 4.78 is 26.6. The van der Waals surface area contributed by atoms with Crippen LogP contribution < -0.4 is 0 Å². The molecule has 2 heterocycles. The maximum atomic E-state index is 12.6. The molecule has 0 bridgehead atoms. The van der Waals surface area contributed by atoms with Crippen molar-refractivity contribution in [3.05, 3.63) is 15.8 Å². The summed E-state index contributed by atoms with van der Waals surface area (Å²) in [6, 6.07) is 1.70. The van der Waals surface area contributed by atoms with Crippen molar-refractivity contribution in [2.75, 3.05) is 33.2 Å². The Labute approximate surface area is 130 Å². The van der Waals surface area contributed by atoms with E-state index in [1.54, 1.807) is 13.1 Å². The van der Waals surface area contributed by atoms with E-state index >= 15 is 0 Å². The second-order valence-electron chi connectivity index (χ2n) is 5.14. The molecule has 0 aliphatic carbocycles. The fraction of sp³-hybridized carbons (Fsp3) is 0.692. The van der Waals surface area contributed by atoms with Gasteiger partial charge >= 0.3 is 0 Å². The third-order valence-electron chi connectivity index (χ3n) is 3.67. The van der Waals surface area contributed by atoms with Gasteiger partial charge in [0, 0.05) is 29.9 Å². The summed E-state index contributed by atoms with van der Waals surface area (Å²) in [6.07, 6.45) is 2.44. The molecule has 0 unspecified atom stereocenters. The first-order chi connectivity index (χ1) is 9.45. The van der Waals surface area contributed by atoms with E-state index in [9.17, 15) is 8.42 Å². The number of likely N-dealkylation sites (tertiary alicyclic amines) is 1. The molecule has 1 fully saturated rings. The Morgan fingerprint density at radius 3 is 2.60 bits per heavy atom. The molecule has 0 N–H and O–H groups in total. The van der Waals surface area contributed by atoms with E-state index < -0.39 is 10.0 Å². The highest BCUT2D eigenvalue weighted by Crippen LogP contribution is 2.28. The number of aryl methyl sites for hydroxylation is 1. The lowest BCUT2D eigenvalue weighted by molar-refractivity contribution is 0.310. The van der Waals surface area contributed by atoms with Crippen LogP contribution in [0.2, 0.25) is 0 Å². The third kappa shape index (κ3) is 3.54. The molecule has 0 spiro atoms. The zero-order chi connectivity index (χ0) is 14.8. The van der Waals surface area contributed by atoms with E-state index in [-0.39, 0.29) is 0 Å². The number of alkyl halides is 1. The summed E-state index contributed by atoms with van der Waals surface area (Å²) in [5, 5.41) is 0. The van der Waals surface area contributed by atoms with E-state index in [0.717, 1.165) is 29.4 Å². The maximum absolute atomic E-state index is 12.6. The molecule has 7 heteroatoms. The first kappa shape index (κ1) is 16.2. The second kappa shape index (κ2) is 6.75. The number of likely N-dealkylation sites (N-methyl/N-ethyl adjacent to an activating group) is 1. The number of hydrogen-bond donors (Lipinski definition) is 0. The van der Waals surface area contributed by atoms with Gasteiger partial charge in [-0.15, -0.1) is 22.9 Å². The predicted octanol–water partition coefficient (Wildman–Crippen LogP) is 2.51.